The van der Waals surface area contributed by atoms with Crippen LogP contribution in [0, 0.1) is 11.8 Å². The first-order valence-electron chi connectivity index (χ1n) is 7.78. The number of rotatable bonds is 2. The molecule has 1 fully saturated rings. The molecule has 2 heterocycles. The van der Waals surface area contributed by atoms with E-state index in [1.54, 1.807) is 6.07 Å². The fraction of sp³-hybridized carbons (Fsp3) is 0.471. The number of carbonyl (C=O) groups excluding carboxylic acids is 1. The lowest BCUT2D eigenvalue weighted by Crippen LogP contribution is -2.43. The first-order valence-corrected chi connectivity index (χ1v) is 7.78. The number of hydrogen-bond acceptors (Lipinski definition) is 3. The van der Waals surface area contributed by atoms with Crippen LogP contribution >= 0.6 is 0 Å². The summed E-state index contributed by atoms with van der Waals surface area (Å²) in [6, 6.07) is 7.29. The minimum Gasteiger partial charge on any atom is -0.342 e. The van der Waals surface area contributed by atoms with Gasteiger partial charge in [-0.2, -0.15) is 5.10 Å². The van der Waals surface area contributed by atoms with Gasteiger partial charge in [0.15, 0.2) is 0 Å². The van der Waals surface area contributed by atoms with Crippen molar-refractivity contribution in [3.63, 3.8) is 0 Å². The predicted molar refractivity (Wildman–Crippen MR) is 85.6 cm³/mol. The van der Waals surface area contributed by atoms with Crippen LogP contribution in [-0.4, -0.2) is 34.1 Å². The van der Waals surface area contributed by atoms with Crippen LogP contribution in [0.4, 0.5) is 0 Å². The van der Waals surface area contributed by atoms with E-state index in [1.807, 2.05) is 23.1 Å². The highest BCUT2D eigenvalue weighted by molar-refractivity contribution is 5.88. The van der Waals surface area contributed by atoms with Crippen LogP contribution in [0.15, 0.2) is 29.1 Å². The number of aromatic amines is 1. The number of fused-ring (bicyclic) bond motifs is 1. The second kappa shape index (κ2) is 5.91. The van der Waals surface area contributed by atoms with E-state index in [0.29, 0.717) is 22.9 Å². The molecule has 1 aliphatic heterocycles. The Morgan fingerprint density at radius 3 is 2.55 bits per heavy atom. The maximum Gasteiger partial charge on any atom is 0.272 e. The van der Waals surface area contributed by atoms with E-state index in [1.165, 1.54) is 6.42 Å². The van der Waals surface area contributed by atoms with Crippen LogP contribution in [0.5, 0.6) is 0 Å². The lowest BCUT2D eigenvalue weighted by Gasteiger charge is -2.35. The van der Waals surface area contributed by atoms with Crippen LogP contribution in [0.3, 0.4) is 0 Å². The molecule has 0 unspecified atom stereocenters. The normalized spacial score (nSPS) is 22.0. The van der Waals surface area contributed by atoms with Gasteiger partial charge in [0.25, 0.3) is 5.56 Å². The summed E-state index contributed by atoms with van der Waals surface area (Å²) in [5.74, 6) is 1.16. The summed E-state index contributed by atoms with van der Waals surface area (Å²) in [6.45, 7) is 5.99. The van der Waals surface area contributed by atoms with E-state index < -0.39 is 0 Å². The van der Waals surface area contributed by atoms with Crippen molar-refractivity contribution in [3.05, 3.63) is 40.3 Å². The first-order chi connectivity index (χ1) is 10.5. The van der Waals surface area contributed by atoms with Crippen LogP contribution in [-0.2, 0) is 11.2 Å². The third-order valence-corrected chi connectivity index (χ3v) is 4.32. The lowest BCUT2D eigenvalue weighted by molar-refractivity contribution is -0.133. The summed E-state index contributed by atoms with van der Waals surface area (Å²) in [4.78, 5) is 26.3. The predicted octanol–water partition coefficient (Wildman–Crippen LogP) is 1.97. The van der Waals surface area contributed by atoms with Gasteiger partial charge in [-0.1, -0.05) is 32.0 Å². The highest BCUT2D eigenvalue weighted by Gasteiger charge is 2.26. The number of nitrogens with one attached hydrogen (secondary N) is 1. The fourth-order valence-electron chi connectivity index (χ4n) is 3.43. The summed E-state index contributed by atoms with van der Waals surface area (Å²) in [7, 11) is 0. The summed E-state index contributed by atoms with van der Waals surface area (Å²) < 4.78 is 0. The largest absolute Gasteiger partial charge is 0.342 e. The Labute approximate surface area is 129 Å². The maximum atomic E-state index is 12.6. The molecule has 3 rings (SSSR count). The Hall–Kier alpha value is -2.17. The van der Waals surface area contributed by atoms with E-state index in [2.05, 4.69) is 24.0 Å². The molecule has 5 heteroatoms. The van der Waals surface area contributed by atoms with Crippen molar-refractivity contribution in [3.8, 4) is 0 Å². The average molecular weight is 299 g/mol. The van der Waals surface area contributed by atoms with Crippen LogP contribution < -0.4 is 5.56 Å². The van der Waals surface area contributed by atoms with Gasteiger partial charge in [-0.3, -0.25) is 9.59 Å². The van der Waals surface area contributed by atoms with Gasteiger partial charge < -0.3 is 4.90 Å². The highest BCUT2D eigenvalue weighted by Crippen LogP contribution is 2.22. The van der Waals surface area contributed by atoms with Crippen LogP contribution in [0.2, 0.25) is 0 Å². The lowest BCUT2D eigenvalue weighted by atomic mass is 9.91. The molecule has 1 N–H and O–H groups in total. The zero-order chi connectivity index (χ0) is 15.7. The van der Waals surface area contributed by atoms with Gasteiger partial charge in [0, 0.05) is 18.5 Å². The molecule has 116 valence electrons. The second-order valence-corrected chi connectivity index (χ2v) is 6.47. The summed E-state index contributed by atoms with van der Waals surface area (Å²) in [6.07, 6.45) is 1.40. The van der Waals surface area contributed by atoms with Crippen LogP contribution in [0.1, 0.15) is 26.0 Å². The third kappa shape index (κ3) is 2.89. The molecule has 1 saturated heterocycles. The monoisotopic (exact) mass is 299 g/mol. The molecule has 0 saturated carbocycles. The van der Waals surface area contributed by atoms with Gasteiger partial charge in [-0.15, -0.1) is 0 Å². The molecular formula is C17H21N3O2. The number of carbonyl (C=O) groups is 1. The summed E-state index contributed by atoms with van der Waals surface area (Å²) >= 11 is 0. The van der Waals surface area contributed by atoms with E-state index in [-0.39, 0.29) is 17.9 Å². The molecule has 1 amide bonds. The van der Waals surface area contributed by atoms with Gasteiger partial charge in [-0.25, -0.2) is 5.10 Å². The second-order valence-electron chi connectivity index (χ2n) is 6.47. The Balaban J connectivity index is 1.86. The smallest absolute Gasteiger partial charge is 0.272 e. The SMILES string of the molecule is C[C@@H]1C[C@@H](C)CN(C(=O)Cc2n[nH]c(=O)c3ccccc23)C1. The molecule has 0 radical (unpaired) electrons. The standard InChI is InChI=1S/C17H21N3O2/c1-11-7-12(2)10-20(9-11)16(21)8-15-13-5-3-4-6-14(13)17(22)19-18-15/h3-6,11-12H,7-10H2,1-2H3,(H,19,22)/t11-,12-/m1/s1. The third-order valence-electron chi connectivity index (χ3n) is 4.32. The highest BCUT2D eigenvalue weighted by atomic mass is 16.2. The van der Waals surface area contributed by atoms with Gasteiger partial charge in [0.2, 0.25) is 5.91 Å². The Bertz CT molecular complexity index is 743. The molecule has 1 aromatic heterocycles. The van der Waals surface area contributed by atoms with Crippen molar-refractivity contribution in [1.82, 2.24) is 15.1 Å². The zero-order valence-electron chi connectivity index (χ0n) is 13.0. The number of amides is 1. The molecule has 0 aliphatic carbocycles. The number of nitrogens with zero attached hydrogens (tertiary/aromatic N) is 2. The quantitative estimate of drug-likeness (QED) is 0.922. The molecule has 1 aliphatic rings. The fourth-order valence-corrected chi connectivity index (χ4v) is 3.43. The topological polar surface area (TPSA) is 66.1 Å². The number of benzene rings is 1. The van der Waals surface area contributed by atoms with Gasteiger partial charge in [0.05, 0.1) is 17.5 Å². The van der Waals surface area contributed by atoms with Gasteiger partial charge in [-0.05, 0) is 24.3 Å². The van der Waals surface area contributed by atoms with Crippen molar-refractivity contribution in [2.45, 2.75) is 26.7 Å². The number of piperidine rings is 1. The number of H-pyrrole nitrogens is 1. The minimum absolute atomic E-state index is 0.0862. The molecule has 0 bridgehead atoms. The Morgan fingerprint density at radius 1 is 1.23 bits per heavy atom. The van der Waals surface area contributed by atoms with Crippen LogP contribution in [0.25, 0.3) is 10.8 Å². The number of likely N-dealkylation sites (tertiary alicyclic amines) is 1. The van der Waals surface area contributed by atoms with E-state index >= 15 is 0 Å². The van der Waals surface area contributed by atoms with E-state index in [9.17, 15) is 9.59 Å². The molecule has 5 nitrogen and oxygen atoms in total. The minimum atomic E-state index is -0.216. The molecule has 1 aromatic carbocycles. The van der Waals surface area contributed by atoms with E-state index in [4.69, 9.17) is 0 Å². The number of hydrogen-bond donors (Lipinski definition) is 1. The van der Waals surface area contributed by atoms with Crippen molar-refractivity contribution < 1.29 is 4.79 Å². The van der Waals surface area contributed by atoms with Crippen molar-refractivity contribution in [2.24, 2.45) is 11.8 Å². The van der Waals surface area contributed by atoms with Gasteiger partial charge >= 0.3 is 0 Å². The molecule has 2 aromatic rings. The first kappa shape index (κ1) is 14.8. The Morgan fingerprint density at radius 2 is 1.86 bits per heavy atom. The van der Waals surface area contributed by atoms with Crippen molar-refractivity contribution in [1.29, 1.82) is 0 Å². The van der Waals surface area contributed by atoms with Crippen molar-refractivity contribution >= 4 is 16.7 Å². The summed E-state index contributed by atoms with van der Waals surface area (Å²) in [5, 5.41) is 7.93. The van der Waals surface area contributed by atoms with Gasteiger partial charge in [0.1, 0.15) is 0 Å². The maximum absolute atomic E-state index is 12.6. The molecular weight excluding hydrogens is 278 g/mol. The molecule has 2 atom stereocenters. The summed E-state index contributed by atoms with van der Waals surface area (Å²) in [5.41, 5.74) is 0.429. The number of aromatic nitrogens is 2. The molecule has 22 heavy (non-hydrogen) atoms. The Kier molecular flexibility index (Phi) is 3.96. The van der Waals surface area contributed by atoms with Crippen molar-refractivity contribution in [2.75, 3.05) is 13.1 Å². The zero-order valence-corrected chi connectivity index (χ0v) is 13.0. The molecule has 0 spiro atoms. The average Bonchev–Trinajstić information content (AvgIpc) is 2.49. The van der Waals surface area contributed by atoms with E-state index in [0.717, 1.165) is 18.5 Å².